The van der Waals surface area contributed by atoms with E-state index in [-0.39, 0.29) is 17.2 Å². The molecule has 9 heteroatoms. The van der Waals surface area contributed by atoms with Crippen LogP contribution in [0.3, 0.4) is 0 Å². The van der Waals surface area contributed by atoms with E-state index in [0.29, 0.717) is 17.1 Å². The number of aromatic nitrogens is 1. The van der Waals surface area contributed by atoms with E-state index in [1.165, 1.54) is 12.1 Å². The van der Waals surface area contributed by atoms with E-state index in [4.69, 9.17) is 11.6 Å². The molecule has 36 heavy (non-hydrogen) atoms. The van der Waals surface area contributed by atoms with Crippen LogP contribution in [0, 0.1) is 5.82 Å². The van der Waals surface area contributed by atoms with E-state index in [1.807, 2.05) is 35.0 Å². The molecule has 0 atom stereocenters. The van der Waals surface area contributed by atoms with E-state index in [0.717, 1.165) is 43.2 Å². The number of nitrogens with zero attached hydrogens (tertiary/aromatic N) is 2. The molecule has 0 spiro atoms. The third kappa shape index (κ3) is 4.89. The number of benzene rings is 3. The van der Waals surface area contributed by atoms with Gasteiger partial charge in [0.25, 0.3) is 11.1 Å². The Balaban J connectivity index is 1.43. The second-order valence-electron chi connectivity index (χ2n) is 8.16. The Bertz CT molecular complexity index is 1570. The largest absolute Gasteiger partial charge is 0.342 e. The van der Waals surface area contributed by atoms with Gasteiger partial charge in [-0.15, -0.1) is 0 Å². The van der Waals surface area contributed by atoms with Crippen LogP contribution >= 0.6 is 39.3 Å². The van der Waals surface area contributed by atoms with Crippen molar-refractivity contribution in [2.45, 2.75) is 6.54 Å². The highest BCUT2D eigenvalue weighted by molar-refractivity contribution is 9.10. The number of hydrogen-bond acceptors (Lipinski definition) is 4. The van der Waals surface area contributed by atoms with E-state index in [1.54, 1.807) is 36.4 Å². The van der Waals surface area contributed by atoms with Crippen molar-refractivity contribution in [3.8, 4) is 0 Å². The van der Waals surface area contributed by atoms with Crippen molar-refractivity contribution in [3.63, 3.8) is 0 Å². The van der Waals surface area contributed by atoms with Crippen LogP contribution in [0.4, 0.5) is 9.18 Å². The molecule has 1 aliphatic rings. The molecule has 1 saturated heterocycles. The zero-order valence-corrected chi connectivity index (χ0v) is 21.7. The number of thioether (sulfide) groups is 1. The lowest BCUT2D eigenvalue weighted by Gasteiger charge is -2.11. The maximum Gasteiger partial charge on any atom is 0.293 e. The standard InChI is InChI=1S/C27H17BrClFN2O3S/c28-19-8-5-16(6-9-19)24(33)15-32-26(34)25(36-27(32)35)11-18-14-31(23-4-2-1-3-21(18)23)13-17-7-10-20(30)12-22(17)29/h1-12,14H,13,15H2/b25-11-. The molecule has 0 unspecified atom stereocenters. The minimum atomic E-state index is -0.506. The van der Waals surface area contributed by atoms with Crippen LogP contribution in [-0.2, 0) is 11.3 Å². The van der Waals surface area contributed by atoms with Crippen LogP contribution in [0.1, 0.15) is 21.5 Å². The van der Waals surface area contributed by atoms with Crippen molar-refractivity contribution in [1.29, 1.82) is 0 Å². The molecule has 0 saturated carbocycles. The van der Waals surface area contributed by atoms with Crippen LogP contribution in [-0.4, -0.2) is 32.9 Å². The lowest BCUT2D eigenvalue weighted by atomic mass is 10.1. The summed E-state index contributed by atoms with van der Waals surface area (Å²) in [7, 11) is 0. The van der Waals surface area contributed by atoms with Gasteiger partial charge in [0, 0.05) is 44.3 Å². The maximum absolute atomic E-state index is 13.5. The van der Waals surface area contributed by atoms with Crippen LogP contribution in [0.25, 0.3) is 17.0 Å². The van der Waals surface area contributed by atoms with Gasteiger partial charge < -0.3 is 4.57 Å². The summed E-state index contributed by atoms with van der Waals surface area (Å²) in [4.78, 5) is 39.5. The Labute approximate surface area is 223 Å². The number of rotatable bonds is 6. The van der Waals surface area contributed by atoms with Crippen LogP contribution in [0.2, 0.25) is 5.02 Å². The summed E-state index contributed by atoms with van der Waals surface area (Å²) in [5, 5.41) is 0.720. The van der Waals surface area contributed by atoms with E-state index in [9.17, 15) is 18.8 Å². The molecule has 1 aliphatic heterocycles. The first kappa shape index (κ1) is 24.5. The Morgan fingerprint density at radius 3 is 2.56 bits per heavy atom. The number of ketones is 1. The van der Waals surface area contributed by atoms with Gasteiger partial charge in [-0.25, -0.2) is 4.39 Å². The number of imide groups is 1. The number of carbonyl (C=O) groups is 3. The van der Waals surface area contributed by atoms with E-state index >= 15 is 0 Å². The van der Waals surface area contributed by atoms with Crippen molar-refractivity contribution in [2.24, 2.45) is 0 Å². The number of Topliss-reactive ketones (excluding diaryl/α,β-unsaturated/α-hetero) is 1. The second-order valence-corrected chi connectivity index (χ2v) is 10.5. The lowest BCUT2D eigenvalue weighted by molar-refractivity contribution is -0.122. The summed E-state index contributed by atoms with van der Waals surface area (Å²) in [6, 6.07) is 18.7. The van der Waals surface area contributed by atoms with Crippen molar-refractivity contribution < 1.29 is 18.8 Å². The Kier molecular flexibility index (Phi) is 6.83. The maximum atomic E-state index is 13.5. The van der Waals surface area contributed by atoms with Crippen LogP contribution in [0.15, 0.2) is 82.3 Å². The number of halogens is 3. The lowest BCUT2D eigenvalue weighted by Crippen LogP contribution is -2.33. The number of carbonyl (C=O) groups excluding carboxylic acids is 3. The summed E-state index contributed by atoms with van der Waals surface area (Å²) < 4.78 is 16.3. The van der Waals surface area contributed by atoms with Gasteiger partial charge in [0.2, 0.25) is 0 Å². The summed E-state index contributed by atoms with van der Waals surface area (Å²) in [6.45, 7) is 0.0745. The normalized spacial score (nSPS) is 14.9. The predicted molar refractivity (Wildman–Crippen MR) is 144 cm³/mol. The Morgan fingerprint density at radius 2 is 1.81 bits per heavy atom. The van der Waals surface area contributed by atoms with Gasteiger partial charge in [0.15, 0.2) is 5.78 Å². The van der Waals surface area contributed by atoms with Gasteiger partial charge in [0.1, 0.15) is 5.82 Å². The summed E-state index contributed by atoms with van der Waals surface area (Å²) in [5.74, 6) is -1.23. The highest BCUT2D eigenvalue weighted by atomic mass is 79.9. The highest BCUT2D eigenvalue weighted by Gasteiger charge is 2.36. The van der Waals surface area contributed by atoms with Gasteiger partial charge >= 0.3 is 0 Å². The summed E-state index contributed by atoms with van der Waals surface area (Å²) in [5.41, 5.74) is 2.81. The first-order valence-electron chi connectivity index (χ1n) is 10.9. The van der Waals surface area contributed by atoms with Crippen molar-refractivity contribution >= 4 is 73.2 Å². The zero-order valence-electron chi connectivity index (χ0n) is 18.6. The van der Waals surface area contributed by atoms with Crippen molar-refractivity contribution in [2.75, 3.05) is 6.54 Å². The molecule has 1 fully saturated rings. The first-order chi connectivity index (χ1) is 17.3. The van der Waals surface area contributed by atoms with Gasteiger partial charge in [-0.2, -0.15) is 0 Å². The molecule has 2 amide bonds. The molecule has 0 aliphatic carbocycles. The van der Waals surface area contributed by atoms with Crippen molar-refractivity contribution in [3.05, 3.63) is 110 Å². The fourth-order valence-electron chi connectivity index (χ4n) is 4.00. The smallest absolute Gasteiger partial charge is 0.293 e. The molecule has 0 radical (unpaired) electrons. The fourth-order valence-corrected chi connectivity index (χ4v) is 5.32. The number of hydrogen-bond donors (Lipinski definition) is 0. The number of fused-ring (bicyclic) bond motifs is 1. The Hall–Kier alpha value is -3.20. The Morgan fingerprint density at radius 1 is 1.06 bits per heavy atom. The predicted octanol–water partition coefficient (Wildman–Crippen LogP) is 7.16. The first-order valence-corrected chi connectivity index (χ1v) is 12.8. The monoisotopic (exact) mass is 582 g/mol. The average Bonchev–Trinajstić information content (AvgIpc) is 3.33. The van der Waals surface area contributed by atoms with E-state index in [2.05, 4.69) is 15.9 Å². The minimum absolute atomic E-state index is 0.242. The topological polar surface area (TPSA) is 59.4 Å². The fraction of sp³-hybridized carbons (Fsp3) is 0.0741. The van der Waals surface area contributed by atoms with Gasteiger partial charge in [-0.1, -0.05) is 63.9 Å². The van der Waals surface area contributed by atoms with Crippen LogP contribution < -0.4 is 0 Å². The third-order valence-electron chi connectivity index (χ3n) is 5.80. The molecule has 0 bridgehead atoms. The molecule has 180 valence electrons. The van der Waals surface area contributed by atoms with Gasteiger partial charge in [-0.05, 0) is 53.7 Å². The molecule has 4 aromatic rings. The average molecular weight is 584 g/mol. The van der Waals surface area contributed by atoms with Gasteiger partial charge in [-0.3, -0.25) is 19.3 Å². The van der Waals surface area contributed by atoms with E-state index < -0.39 is 17.0 Å². The molecule has 2 heterocycles. The second kappa shape index (κ2) is 10.0. The molecule has 0 N–H and O–H groups in total. The molecule has 5 rings (SSSR count). The molecule has 1 aromatic heterocycles. The van der Waals surface area contributed by atoms with Crippen LogP contribution in [0.5, 0.6) is 0 Å². The highest BCUT2D eigenvalue weighted by Crippen LogP contribution is 2.34. The molecule has 5 nitrogen and oxygen atoms in total. The molecule has 3 aromatic carbocycles. The molecular formula is C27H17BrClFN2O3S. The molecular weight excluding hydrogens is 567 g/mol. The zero-order chi connectivity index (χ0) is 25.4. The number of para-hydroxylation sites is 1. The summed E-state index contributed by atoms with van der Waals surface area (Å²) in [6.07, 6.45) is 3.53. The van der Waals surface area contributed by atoms with Gasteiger partial charge in [0.05, 0.1) is 11.4 Å². The summed E-state index contributed by atoms with van der Waals surface area (Å²) >= 11 is 10.4. The minimum Gasteiger partial charge on any atom is -0.342 e. The number of amides is 2. The van der Waals surface area contributed by atoms with Crippen molar-refractivity contribution in [1.82, 2.24) is 9.47 Å². The third-order valence-corrected chi connectivity index (χ3v) is 7.59. The quantitative estimate of drug-likeness (QED) is 0.178. The SMILES string of the molecule is O=C(CN1C(=O)S/C(=C\c2cn(Cc3ccc(F)cc3Cl)c3ccccc23)C1=O)c1ccc(Br)cc1.